The monoisotopic (exact) mass is 389 g/mol. The molecule has 0 saturated heterocycles. The van der Waals surface area contributed by atoms with Crippen molar-refractivity contribution in [2.24, 2.45) is 0 Å². The van der Waals surface area contributed by atoms with E-state index in [4.69, 9.17) is 11.6 Å². The first kappa shape index (κ1) is 13.5. The van der Waals surface area contributed by atoms with E-state index in [0.29, 0.717) is 14.8 Å². The molecule has 0 aliphatic heterocycles. The highest BCUT2D eigenvalue weighted by molar-refractivity contribution is 9.10. The topological polar surface area (TPSA) is 54.9 Å². The molecule has 1 N–H and O–H groups in total. The SMILES string of the molecule is O=C(Nc1ncccc1Br)c1cc(Br)cnc1Cl. The Balaban J connectivity index is 2.28. The Morgan fingerprint density at radius 2 is 2.11 bits per heavy atom. The van der Waals surface area contributed by atoms with Crippen molar-refractivity contribution >= 4 is 55.2 Å². The molecule has 0 atom stereocenters. The van der Waals surface area contributed by atoms with Gasteiger partial charge in [0, 0.05) is 16.9 Å². The van der Waals surface area contributed by atoms with Crippen LogP contribution in [0.3, 0.4) is 0 Å². The number of aromatic nitrogens is 2. The third-order valence-corrected chi connectivity index (χ3v) is 3.42. The largest absolute Gasteiger partial charge is 0.306 e. The predicted octanol–water partition coefficient (Wildman–Crippen LogP) is 3.91. The van der Waals surface area contributed by atoms with Crippen LogP contribution in [0, 0.1) is 0 Å². The summed E-state index contributed by atoms with van der Waals surface area (Å²) in [6.45, 7) is 0. The zero-order valence-corrected chi connectivity index (χ0v) is 12.8. The first-order chi connectivity index (χ1) is 8.58. The standard InChI is InChI=1S/C11H6Br2ClN3O/c12-6-4-7(9(14)16-5-6)11(18)17-10-8(13)2-1-3-15-10/h1-5H,(H,15,17,18). The van der Waals surface area contributed by atoms with Crippen LogP contribution in [0.15, 0.2) is 39.5 Å². The van der Waals surface area contributed by atoms with Gasteiger partial charge in [0.15, 0.2) is 0 Å². The van der Waals surface area contributed by atoms with E-state index in [1.807, 2.05) is 0 Å². The molecule has 4 nitrogen and oxygen atoms in total. The predicted molar refractivity (Wildman–Crippen MR) is 76.8 cm³/mol. The van der Waals surface area contributed by atoms with Gasteiger partial charge in [0.1, 0.15) is 11.0 Å². The molecule has 0 aliphatic carbocycles. The van der Waals surface area contributed by atoms with Crippen LogP contribution in [-0.2, 0) is 0 Å². The molecule has 0 radical (unpaired) electrons. The van der Waals surface area contributed by atoms with Gasteiger partial charge in [-0.2, -0.15) is 0 Å². The lowest BCUT2D eigenvalue weighted by molar-refractivity contribution is 0.102. The smallest absolute Gasteiger partial charge is 0.260 e. The zero-order chi connectivity index (χ0) is 13.1. The molecule has 2 aromatic rings. The lowest BCUT2D eigenvalue weighted by Gasteiger charge is -2.07. The number of pyridine rings is 2. The summed E-state index contributed by atoms with van der Waals surface area (Å²) in [5.41, 5.74) is 0.281. The van der Waals surface area contributed by atoms with Crippen LogP contribution in [0.1, 0.15) is 10.4 Å². The molecule has 2 aromatic heterocycles. The fraction of sp³-hybridized carbons (Fsp3) is 0. The fourth-order valence-electron chi connectivity index (χ4n) is 1.23. The van der Waals surface area contributed by atoms with Crippen molar-refractivity contribution in [2.45, 2.75) is 0 Å². The van der Waals surface area contributed by atoms with E-state index in [-0.39, 0.29) is 16.6 Å². The van der Waals surface area contributed by atoms with E-state index in [0.717, 1.165) is 0 Å². The average molecular weight is 391 g/mol. The summed E-state index contributed by atoms with van der Waals surface area (Å²) in [4.78, 5) is 20.0. The fourth-order valence-corrected chi connectivity index (χ4v) is 2.11. The second-order valence-corrected chi connectivity index (χ2v) is 5.41. The van der Waals surface area contributed by atoms with Crippen LogP contribution < -0.4 is 5.32 Å². The lowest BCUT2D eigenvalue weighted by Crippen LogP contribution is -2.14. The quantitative estimate of drug-likeness (QED) is 0.790. The number of carbonyl (C=O) groups excluding carboxylic acids is 1. The molecule has 2 heterocycles. The minimum absolute atomic E-state index is 0.141. The minimum Gasteiger partial charge on any atom is -0.306 e. The summed E-state index contributed by atoms with van der Waals surface area (Å²) in [6, 6.07) is 5.14. The molecule has 18 heavy (non-hydrogen) atoms. The summed E-state index contributed by atoms with van der Waals surface area (Å²) in [5.74, 6) is 0.0618. The first-order valence-electron chi connectivity index (χ1n) is 4.81. The Morgan fingerprint density at radius 1 is 1.33 bits per heavy atom. The van der Waals surface area contributed by atoms with E-state index >= 15 is 0 Å². The van der Waals surface area contributed by atoms with Gasteiger partial charge in [-0.05, 0) is 50.1 Å². The van der Waals surface area contributed by atoms with Gasteiger partial charge in [0.25, 0.3) is 5.91 Å². The minimum atomic E-state index is -0.367. The Labute approximate surface area is 125 Å². The van der Waals surface area contributed by atoms with Crippen molar-refractivity contribution in [2.75, 3.05) is 5.32 Å². The molecular weight excluding hydrogens is 385 g/mol. The van der Waals surface area contributed by atoms with Gasteiger partial charge in [-0.1, -0.05) is 11.6 Å². The van der Waals surface area contributed by atoms with Gasteiger partial charge in [-0.15, -0.1) is 0 Å². The molecule has 1 amide bonds. The van der Waals surface area contributed by atoms with E-state index in [1.165, 1.54) is 6.20 Å². The number of carbonyl (C=O) groups is 1. The Morgan fingerprint density at radius 3 is 2.83 bits per heavy atom. The van der Waals surface area contributed by atoms with E-state index < -0.39 is 0 Å². The molecule has 0 saturated carbocycles. The van der Waals surface area contributed by atoms with Crippen LogP contribution in [0.5, 0.6) is 0 Å². The van der Waals surface area contributed by atoms with Gasteiger partial charge < -0.3 is 5.32 Å². The molecule has 2 rings (SSSR count). The van der Waals surface area contributed by atoms with Crippen molar-refractivity contribution in [1.29, 1.82) is 0 Å². The highest BCUT2D eigenvalue weighted by Crippen LogP contribution is 2.22. The number of nitrogens with zero attached hydrogens (tertiary/aromatic N) is 2. The van der Waals surface area contributed by atoms with Crippen LogP contribution in [0.25, 0.3) is 0 Å². The van der Waals surface area contributed by atoms with Gasteiger partial charge >= 0.3 is 0 Å². The summed E-state index contributed by atoms with van der Waals surface area (Å²) in [7, 11) is 0. The molecule has 7 heteroatoms. The molecule has 0 bridgehead atoms. The van der Waals surface area contributed by atoms with Crippen LogP contribution in [0.4, 0.5) is 5.82 Å². The summed E-state index contributed by atoms with van der Waals surface area (Å²) in [6.07, 6.45) is 3.11. The molecule has 0 aromatic carbocycles. The number of anilines is 1. The Hall–Kier alpha value is -0.980. The molecule has 0 unspecified atom stereocenters. The lowest BCUT2D eigenvalue weighted by atomic mass is 10.2. The first-order valence-corrected chi connectivity index (χ1v) is 6.77. The van der Waals surface area contributed by atoms with E-state index in [1.54, 1.807) is 24.4 Å². The van der Waals surface area contributed by atoms with Gasteiger partial charge in [-0.3, -0.25) is 4.79 Å². The maximum absolute atomic E-state index is 12.0. The summed E-state index contributed by atoms with van der Waals surface area (Å²) in [5, 5.41) is 2.79. The molecular formula is C11H6Br2ClN3O. The van der Waals surface area contributed by atoms with Crippen molar-refractivity contribution in [1.82, 2.24) is 9.97 Å². The molecule has 0 spiro atoms. The van der Waals surface area contributed by atoms with E-state index in [2.05, 4.69) is 47.1 Å². The zero-order valence-electron chi connectivity index (χ0n) is 8.82. The van der Waals surface area contributed by atoms with Crippen molar-refractivity contribution in [3.63, 3.8) is 0 Å². The highest BCUT2D eigenvalue weighted by atomic mass is 79.9. The molecule has 92 valence electrons. The number of amides is 1. The average Bonchev–Trinajstić information content (AvgIpc) is 2.35. The summed E-state index contributed by atoms with van der Waals surface area (Å²) >= 11 is 12.4. The molecule has 0 aliphatic rings. The normalized spacial score (nSPS) is 10.2. The van der Waals surface area contributed by atoms with E-state index in [9.17, 15) is 4.79 Å². The number of halogens is 3. The van der Waals surface area contributed by atoms with Gasteiger partial charge in [0.05, 0.1) is 10.0 Å². The Kier molecular flexibility index (Phi) is 4.31. The third kappa shape index (κ3) is 3.07. The number of hydrogen-bond donors (Lipinski definition) is 1. The number of nitrogens with one attached hydrogen (secondary N) is 1. The maximum Gasteiger partial charge on any atom is 0.260 e. The second kappa shape index (κ2) is 5.77. The Bertz CT molecular complexity index is 607. The van der Waals surface area contributed by atoms with Gasteiger partial charge in [-0.25, -0.2) is 9.97 Å². The van der Waals surface area contributed by atoms with Crippen molar-refractivity contribution in [3.8, 4) is 0 Å². The van der Waals surface area contributed by atoms with Crippen LogP contribution in [0.2, 0.25) is 5.15 Å². The number of hydrogen-bond acceptors (Lipinski definition) is 3. The number of rotatable bonds is 2. The third-order valence-electron chi connectivity index (χ3n) is 2.04. The van der Waals surface area contributed by atoms with Gasteiger partial charge in [0.2, 0.25) is 0 Å². The maximum atomic E-state index is 12.0. The van der Waals surface area contributed by atoms with Crippen molar-refractivity contribution in [3.05, 3.63) is 50.3 Å². The van der Waals surface area contributed by atoms with Crippen LogP contribution >= 0.6 is 43.5 Å². The summed E-state index contributed by atoms with van der Waals surface area (Å²) < 4.78 is 1.37. The van der Waals surface area contributed by atoms with Crippen molar-refractivity contribution < 1.29 is 4.79 Å². The second-order valence-electron chi connectivity index (χ2n) is 3.28. The highest BCUT2D eigenvalue weighted by Gasteiger charge is 2.13. The molecule has 0 fully saturated rings. The van der Waals surface area contributed by atoms with Crippen LogP contribution in [-0.4, -0.2) is 15.9 Å².